The van der Waals surface area contributed by atoms with Crippen LogP contribution in [-0.4, -0.2) is 18.1 Å². The van der Waals surface area contributed by atoms with Crippen molar-refractivity contribution in [1.29, 1.82) is 0 Å². The summed E-state index contributed by atoms with van der Waals surface area (Å²) < 4.78 is 0. The monoisotopic (exact) mass is 243 g/mol. The topological polar surface area (TPSA) is 42.2 Å². The molecular weight excluding hydrogens is 222 g/mol. The van der Waals surface area contributed by atoms with Crippen molar-refractivity contribution in [3.05, 3.63) is 30.5 Å². The lowest BCUT2D eigenvalue weighted by Crippen LogP contribution is -2.24. The molecule has 2 N–H and O–H groups in total. The second kappa shape index (κ2) is 5.71. The van der Waals surface area contributed by atoms with Gasteiger partial charge in [-0.25, -0.2) is 0 Å². The highest BCUT2D eigenvalue weighted by Gasteiger charge is 2.10. The standard InChI is InChI=1S/C15H21N3/c1-3-5-11-18(4-2)14-9-8-13-12(15(14)16)7-6-10-17-13/h6-10H,3-5,11,16H2,1-2H3. The maximum atomic E-state index is 6.29. The van der Waals surface area contributed by atoms with Crippen LogP contribution in [0.5, 0.6) is 0 Å². The lowest BCUT2D eigenvalue weighted by atomic mass is 10.1. The van der Waals surface area contributed by atoms with Gasteiger partial charge in [0.15, 0.2) is 0 Å². The maximum absolute atomic E-state index is 6.29. The molecule has 0 saturated heterocycles. The number of pyridine rings is 1. The fourth-order valence-electron chi connectivity index (χ4n) is 2.24. The van der Waals surface area contributed by atoms with Gasteiger partial charge in [0.05, 0.1) is 16.9 Å². The predicted molar refractivity (Wildman–Crippen MR) is 79.0 cm³/mol. The summed E-state index contributed by atoms with van der Waals surface area (Å²) in [5.74, 6) is 0. The first-order chi connectivity index (χ1) is 8.77. The van der Waals surface area contributed by atoms with Crippen LogP contribution < -0.4 is 10.6 Å². The van der Waals surface area contributed by atoms with E-state index >= 15 is 0 Å². The van der Waals surface area contributed by atoms with Crippen LogP contribution in [0.3, 0.4) is 0 Å². The number of nitrogen functional groups attached to an aromatic ring is 1. The Hall–Kier alpha value is -1.77. The van der Waals surface area contributed by atoms with Gasteiger partial charge in [-0.05, 0) is 37.6 Å². The van der Waals surface area contributed by atoms with E-state index in [0.717, 1.165) is 35.4 Å². The number of fused-ring (bicyclic) bond motifs is 1. The molecule has 0 spiro atoms. The molecule has 0 radical (unpaired) electrons. The Labute approximate surface area is 109 Å². The van der Waals surface area contributed by atoms with E-state index in [4.69, 9.17) is 5.73 Å². The molecule has 1 heterocycles. The van der Waals surface area contributed by atoms with E-state index in [1.807, 2.05) is 12.1 Å². The van der Waals surface area contributed by atoms with E-state index in [1.165, 1.54) is 12.8 Å². The van der Waals surface area contributed by atoms with Gasteiger partial charge in [-0.2, -0.15) is 0 Å². The van der Waals surface area contributed by atoms with E-state index in [1.54, 1.807) is 6.20 Å². The summed E-state index contributed by atoms with van der Waals surface area (Å²) >= 11 is 0. The van der Waals surface area contributed by atoms with Crippen molar-refractivity contribution in [2.75, 3.05) is 23.7 Å². The maximum Gasteiger partial charge on any atom is 0.0724 e. The smallest absolute Gasteiger partial charge is 0.0724 e. The lowest BCUT2D eigenvalue weighted by molar-refractivity contribution is 0.733. The van der Waals surface area contributed by atoms with Crippen LogP contribution >= 0.6 is 0 Å². The van der Waals surface area contributed by atoms with Gasteiger partial charge in [0.1, 0.15) is 0 Å². The molecule has 0 amide bonds. The summed E-state index contributed by atoms with van der Waals surface area (Å²) in [5, 5.41) is 1.05. The molecule has 3 heteroatoms. The fraction of sp³-hybridized carbons (Fsp3) is 0.400. The Morgan fingerprint density at radius 2 is 2.06 bits per heavy atom. The van der Waals surface area contributed by atoms with Crippen molar-refractivity contribution >= 4 is 22.3 Å². The zero-order valence-electron chi connectivity index (χ0n) is 11.2. The summed E-state index contributed by atoms with van der Waals surface area (Å²) in [6.07, 6.45) is 4.19. The van der Waals surface area contributed by atoms with Crippen LogP contribution in [0.15, 0.2) is 30.5 Å². The summed E-state index contributed by atoms with van der Waals surface area (Å²) in [7, 11) is 0. The third kappa shape index (κ3) is 2.40. The van der Waals surface area contributed by atoms with Crippen LogP contribution in [0.4, 0.5) is 11.4 Å². The molecular formula is C15H21N3. The number of hydrogen-bond acceptors (Lipinski definition) is 3. The number of nitrogens with zero attached hydrogens (tertiary/aromatic N) is 2. The first-order valence-corrected chi connectivity index (χ1v) is 6.66. The predicted octanol–water partition coefficient (Wildman–Crippen LogP) is 3.44. The number of rotatable bonds is 5. The Bertz CT molecular complexity index is 522. The molecule has 18 heavy (non-hydrogen) atoms. The SMILES string of the molecule is CCCCN(CC)c1ccc2ncccc2c1N. The Morgan fingerprint density at radius 3 is 2.78 bits per heavy atom. The van der Waals surface area contributed by atoms with Gasteiger partial charge in [-0.1, -0.05) is 13.3 Å². The van der Waals surface area contributed by atoms with Crippen molar-refractivity contribution in [1.82, 2.24) is 4.98 Å². The van der Waals surface area contributed by atoms with Gasteiger partial charge in [0.25, 0.3) is 0 Å². The zero-order chi connectivity index (χ0) is 13.0. The van der Waals surface area contributed by atoms with Crippen LogP contribution in [0.25, 0.3) is 10.9 Å². The van der Waals surface area contributed by atoms with Gasteiger partial charge < -0.3 is 10.6 Å². The van der Waals surface area contributed by atoms with Crippen LogP contribution in [0.1, 0.15) is 26.7 Å². The Kier molecular flexibility index (Phi) is 4.03. The first-order valence-electron chi connectivity index (χ1n) is 6.66. The van der Waals surface area contributed by atoms with E-state index in [0.29, 0.717) is 0 Å². The summed E-state index contributed by atoms with van der Waals surface area (Å²) in [6, 6.07) is 8.11. The molecule has 3 nitrogen and oxygen atoms in total. The first kappa shape index (κ1) is 12.7. The molecule has 2 aromatic rings. The minimum absolute atomic E-state index is 0.846. The highest BCUT2D eigenvalue weighted by atomic mass is 15.1. The van der Waals surface area contributed by atoms with Crippen molar-refractivity contribution in [2.45, 2.75) is 26.7 Å². The van der Waals surface area contributed by atoms with Gasteiger partial charge in [-0.15, -0.1) is 0 Å². The van der Waals surface area contributed by atoms with Crippen LogP contribution in [-0.2, 0) is 0 Å². The molecule has 0 bridgehead atoms. The average molecular weight is 243 g/mol. The fourth-order valence-corrected chi connectivity index (χ4v) is 2.24. The molecule has 0 aliphatic heterocycles. The van der Waals surface area contributed by atoms with Gasteiger partial charge in [-0.3, -0.25) is 4.98 Å². The molecule has 0 saturated carbocycles. The van der Waals surface area contributed by atoms with Crippen molar-refractivity contribution in [3.8, 4) is 0 Å². The van der Waals surface area contributed by atoms with Crippen molar-refractivity contribution < 1.29 is 0 Å². The van der Waals surface area contributed by atoms with E-state index < -0.39 is 0 Å². The summed E-state index contributed by atoms with van der Waals surface area (Å²) in [5.41, 5.74) is 9.23. The largest absolute Gasteiger partial charge is 0.396 e. The number of nitrogens with two attached hydrogens (primary N) is 1. The van der Waals surface area contributed by atoms with Crippen LogP contribution in [0.2, 0.25) is 0 Å². The summed E-state index contributed by atoms with van der Waals surface area (Å²) in [6.45, 7) is 6.42. The van der Waals surface area contributed by atoms with Gasteiger partial charge in [0, 0.05) is 24.7 Å². The quantitative estimate of drug-likeness (QED) is 0.818. The number of aromatic nitrogens is 1. The highest BCUT2D eigenvalue weighted by molar-refractivity contribution is 5.97. The third-order valence-electron chi connectivity index (χ3n) is 3.31. The van der Waals surface area contributed by atoms with Gasteiger partial charge >= 0.3 is 0 Å². The molecule has 2 rings (SSSR count). The number of anilines is 2. The minimum atomic E-state index is 0.846. The number of benzene rings is 1. The van der Waals surface area contributed by atoms with Gasteiger partial charge in [0.2, 0.25) is 0 Å². The molecule has 96 valence electrons. The Morgan fingerprint density at radius 1 is 1.22 bits per heavy atom. The number of hydrogen-bond donors (Lipinski definition) is 1. The second-order valence-electron chi connectivity index (χ2n) is 4.50. The molecule has 0 atom stereocenters. The minimum Gasteiger partial charge on any atom is -0.396 e. The molecule has 0 unspecified atom stereocenters. The highest BCUT2D eigenvalue weighted by Crippen LogP contribution is 2.30. The second-order valence-corrected chi connectivity index (χ2v) is 4.50. The number of unbranched alkanes of at least 4 members (excludes halogenated alkanes) is 1. The van der Waals surface area contributed by atoms with Crippen molar-refractivity contribution in [3.63, 3.8) is 0 Å². The third-order valence-corrected chi connectivity index (χ3v) is 3.31. The van der Waals surface area contributed by atoms with E-state index in [9.17, 15) is 0 Å². The van der Waals surface area contributed by atoms with E-state index in [-0.39, 0.29) is 0 Å². The van der Waals surface area contributed by atoms with E-state index in [2.05, 4.69) is 35.9 Å². The van der Waals surface area contributed by atoms with Crippen LogP contribution in [0, 0.1) is 0 Å². The Balaban J connectivity index is 2.40. The normalized spacial score (nSPS) is 10.8. The molecule has 0 aliphatic rings. The molecule has 0 fully saturated rings. The lowest BCUT2D eigenvalue weighted by Gasteiger charge is -2.25. The molecule has 1 aromatic carbocycles. The van der Waals surface area contributed by atoms with Crippen molar-refractivity contribution in [2.24, 2.45) is 0 Å². The zero-order valence-corrected chi connectivity index (χ0v) is 11.2. The molecule has 0 aliphatic carbocycles. The average Bonchev–Trinajstić information content (AvgIpc) is 2.42. The summed E-state index contributed by atoms with van der Waals surface area (Å²) in [4.78, 5) is 6.67. The molecule has 1 aromatic heterocycles.